The third-order valence-corrected chi connectivity index (χ3v) is 3.02. The van der Waals surface area contributed by atoms with Crippen molar-refractivity contribution in [1.29, 1.82) is 0 Å². The Hall–Kier alpha value is -1.83. The van der Waals surface area contributed by atoms with Gasteiger partial charge < -0.3 is 4.57 Å². The summed E-state index contributed by atoms with van der Waals surface area (Å²) in [6, 6.07) is 13.8. The first-order valence-electron chi connectivity index (χ1n) is 5.89. The van der Waals surface area contributed by atoms with Crippen molar-refractivity contribution < 1.29 is 0 Å². The molecule has 0 bridgehead atoms. The number of benzene rings is 1. The van der Waals surface area contributed by atoms with Crippen molar-refractivity contribution in [3.63, 3.8) is 0 Å². The van der Waals surface area contributed by atoms with E-state index in [4.69, 9.17) is 0 Å². The second-order valence-corrected chi connectivity index (χ2v) is 4.36. The van der Waals surface area contributed by atoms with Crippen LogP contribution in [0.3, 0.4) is 0 Å². The average molecular weight is 227 g/mol. The van der Waals surface area contributed by atoms with E-state index in [1.54, 1.807) is 12.1 Å². The highest BCUT2D eigenvalue weighted by Gasteiger charge is 2.01. The van der Waals surface area contributed by atoms with E-state index in [2.05, 4.69) is 28.8 Å². The van der Waals surface area contributed by atoms with E-state index in [9.17, 15) is 4.79 Å². The Morgan fingerprint density at radius 1 is 1.00 bits per heavy atom. The molecule has 2 heteroatoms. The van der Waals surface area contributed by atoms with Gasteiger partial charge in [0, 0.05) is 30.1 Å². The van der Waals surface area contributed by atoms with Gasteiger partial charge in [0.1, 0.15) is 0 Å². The van der Waals surface area contributed by atoms with Gasteiger partial charge in [-0.2, -0.15) is 0 Å². The lowest BCUT2D eigenvalue weighted by Gasteiger charge is -2.14. The van der Waals surface area contributed by atoms with E-state index in [1.165, 1.54) is 5.56 Å². The zero-order valence-corrected chi connectivity index (χ0v) is 10.3. The summed E-state index contributed by atoms with van der Waals surface area (Å²) in [6.45, 7) is 4.89. The minimum absolute atomic E-state index is 0.0935. The van der Waals surface area contributed by atoms with Crippen molar-refractivity contribution in [3.8, 4) is 0 Å². The molecule has 1 heterocycles. The lowest BCUT2D eigenvalue weighted by molar-refractivity contribution is 0.649. The molecule has 1 aromatic heterocycles. The summed E-state index contributed by atoms with van der Waals surface area (Å²) in [5.74, 6) is 0. The predicted octanol–water partition coefficient (Wildman–Crippen LogP) is 2.71. The number of hydrogen-bond donors (Lipinski definition) is 0. The topological polar surface area (TPSA) is 22.0 Å². The Morgan fingerprint density at radius 2 is 1.59 bits per heavy atom. The van der Waals surface area contributed by atoms with Crippen LogP contribution in [0.15, 0.2) is 47.3 Å². The standard InChI is InChI=1S/C15H17NO/c1-12-10-15(17)11-13(2)16(12)9-8-14-6-4-3-5-7-14/h3-7,10-11H,8-9H2,1-2H3. The highest BCUT2D eigenvalue weighted by atomic mass is 16.1. The molecular weight excluding hydrogens is 210 g/mol. The highest BCUT2D eigenvalue weighted by molar-refractivity contribution is 5.16. The molecule has 1 aromatic carbocycles. The van der Waals surface area contributed by atoms with Crippen molar-refractivity contribution in [3.05, 3.63) is 69.6 Å². The number of aryl methyl sites for hydroxylation is 3. The first kappa shape index (κ1) is 11.6. The second-order valence-electron chi connectivity index (χ2n) is 4.36. The maximum atomic E-state index is 11.3. The fourth-order valence-electron chi connectivity index (χ4n) is 2.13. The van der Waals surface area contributed by atoms with Crippen molar-refractivity contribution in [2.24, 2.45) is 0 Å². The van der Waals surface area contributed by atoms with E-state index >= 15 is 0 Å². The van der Waals surface area contributed by atoms with Crippen LogP contribution in [0.2, 0.25) is 0 Å². The van der Waals surface area contributed by atoms with Crippen LogP contribution in [-0.2, 0) is 13.0 Å². The van der Waals surface area contributed by atoms with Crippen molar-refractivity contribution in [2.45, 2.75) is 26.8 Å². The average Bonchev–Trinajstić information content (AvgIpc) is 2.29. The van der Waals surface area contributed by atoms with E-state index in [1.807, 2.05) is 19.9 Å². The molecule has 17 heavy (non-hydrogen) atoms. The zero-order valence-electron chi connectivity index (χ0n) is 10.3. The molecule has 0 N–H and O–H groups in total. The Morgan fingerprint density at radius 3 is 2.18 bits per heavy atom. The molecule has 0 radical (unpaired) electrons. The van der Waals surface area contributed by atoms with Gasteiger partial charge in [0.05, 0.1) is 0 Å². The molecule has 88 valence electrons. The van der Waals surface area contributed by atoms with E-state index in [-0.39, 0.29) is 5.43 Å². The Labute approximate surface area is 102 Å². The summed E-state index contributed by atoms with van der Waals surface area (Å²) < 4.78 is 2.19. The molecule has 0 aliphatic heterocycles. The van der Waals surface area contributed by atoms with Crippen LogP contribution in [0, 0.1) is 13.8 Å². The van der Waals surface area contributed by atoms with Crippen LogP contribution < -0.4 is 5.43 Å². The maximum Gasteiger partial charge on any atom is 0.182 e. The predicted molar refractivity (Wildman–Crippen MR) is 70.3 cm³/mol. The van der Waals surface area contributed by atoms with Gasteiger partial charge in [-0.25, -0.2) is 0 Å². The van der Waals surface area contributed by atoms with Crippen LogP contribution in [0.5, 0.6) is 0 Å². The molecule has 0 atom stereocenters. The number of hydrogen-bond acceptors (Lipinski definition) is 1. The van der Waals surface area contributed by atoms with E-state index in [0.717, 1.165) is 24.4 Å². The Bertz CT molecular complexity index is 529. The summed E-state index contributed by atoms with van der Waals surface area (Å²) in [7, 11) is 0. The molecule has 0 aliphatic carbocycles. The minimum Gasteiger partial charge on any atom is -0.349 e. The quantitative estimate of drug-likeness (QED) is 0.790. The van der Waals surface area contributed by atoms with Gasteiger partial charge in [0.2, 0.25) is 0 Å². The number of rotatable bonds is 3. The molecule has 0 saturated heterocycles. The summed E-state index contributed by atoms with van der Waals surface area (Å²) >= 11 is 0. The van der Waals surface area contributed by atoms with Crippen molar-refractivity contribution >= 4 is 0 Å². The Balaban J connectivity index is 2.17. The smallest absolute Gasteiger partial charge is 0.182 e. The van der Waals surface area contributed by atoms with Gasteiger partial charge in [-0.1, -0.05) is 30.3 Å². The van der Waals surface area contributed by atoms with E-state index in [0.29, 0.717) is 0 Å². The van der Waals surface area contributed by atoms with Crippen molar-refractivity contribution in [1.82, 2.24) is 4.57 Å². The van der Waals surface area contributed by atoms with Gasteiger partial charge in [0.15, 0.2) is 5.43 Å². The zero-order chi connectivity index (χ0) is 12.3. The minimum atomic E-state index is 0.0935. The second kappa shape index (κ2) is 5.00. The monoisotopic (exact) mass is 227 g/mol. The van der Waals surface area contributed by atoms with Crippen LogP contribution in [0.25, 0.3) is 0 Å². The first-order valence-corrected chi connectivity index (χ1v) is 5.89. The molecule has 2 nitrogen and oxygen atoms in total. The molecule has 0 unspecified atom stereocenters. The van der Waals surface area contributed by atoms with Crippen LogP contribution in [0.4, 0.5) is 0 Å². The van der Waals surface area contributed by atoms with E-state index < -0.39 is 0 Å². The lowest BCUT2D eigenvalue weighted by Crippen LogP contribution is -2.14. The molecule has 0 spiro atoms. The molecule has 0 aliphatic rings. The summed E-state index contributed by atoms with van der Waals surface area (Å²) in [6.07, 6.45) is 0.991. The third kappa shape index (κ3) is 2.84. The third-order valence-electron chi connectivity index (χ3n) is 3.02. The van der Waals surface area contributed by atoms with Gasteiger partial charge in [-0.15, -0.1) is 0 Å². The largest absolute Gasteiger partial charge is 0.349 e. The van der Waals surface area contributed by atoms with Gasteiger partial charge >= 0.3 is 0 Å². The SMILES string of the molecule is Cc1cc(=O)cc(C)n1CCc1ccccc1. The molecular formula is C15H17NO. The number of nitrogens with zero attached hydrogens (tertiary/aromatic N) is 1. The summed E-state index contributed by atoms with van der Waals surface area (Å²) in [5, 5.41) is 0. The lowest BCUT2D eigenvalue weighted by atomic mass is 10.1. The van der Waals surface area contributed by atoms with Gasteiger partial charge in [0.25, 0.3) is 0 Å². The normalized spacial score (nSPS) is 10.5. The highest BCUT2D eigenvalue weighted by Crippen LogP contribution is 2.06. The van der Waals surface area contributed by atoms with Crippen LogP contribution >= 0.6 is 0 Å². The van der Waals surface area contributed by atoms with Crippen LogP contribution in [-0.4, -0.2) is 4.57 Å². The fourth-order valence-corrected chi connectivity index (χ4v) is 2.13. The van der Waals surface area contributed by atoms with Crippen LogP contribution in [0.1, 0.15) is 17.0 Å². The summed E-state index contributed by atoms with van der Waals surface area (Å²) in [4.78, 5) is 11.3. The van der Waals surface area contributed by atoms with Gasteiger partial charge in [-0.05, 0) is 25.8 Å². The first-order chi connectivity index (χ1) is 8.16. The molecule has 2 aromatic rings. The molecule has 0 amide bonds. The molecule has 0 fully saturated rings. The summed E-state index contributed by atoms with van der Waals surface area (Å²) in [5.41, 5.74) is 3.48. The van der Waals surface area contributed by atoms with Crippen molar-refractivity contribution in [2.75, 3.05) is 0 Å². The number of pyridine rings is 1. The Kier molecular flexibility index (Phi) is 3.43. The maximum absolute atomic E-state index is 11.3. The fraction of sp³-hybridized carbons (Fsp3) is 0.267. The molecule has 0 saturated carbocycles. The van der Waals surface area contributed by atoms with Gasteiger partial charge in [-0.3, -0.25) is 4.79 Å². The molecule has 2 rings (SSSR count). The number of aromatic nitrogens is 1.